The van der Waals surface area contributed by atoms with Crippen LogP contribution < -0.4 is 15.9 Å². The molecule has 6 heteroatoms. The van der Waals surface area contributed by atoms with Crippen molar-refractivity contribution in [2.45, 2.75) is 0 Å². The minimum Gasteiger partial charge on any atom is -0.279 e. The molecule has 0 amide bonds. The first-order valence-corrected chi connectivity index (χ1v) is 10.3. The standard InChI is InChI=1S/C19H15O4PS/c20-19(25(21,22)23)15-8-7-13-18(14-15)24(16-9-3-1-4-10-16)17-11-5-2-6-12-17/h1-14H,(H,21,22,23). The summed E-state index contributed by atoms with van der Waals surface area (Å²) in [6.45, 7) is 0. The highest BCUT2D eigenvalue weighted by Crippen LogP contribution is 2.32. The molecule has 0 saturated carbocycles. The van der Waals surface area contributed by atoms with Gasteiger partial charge in [-0.2, -0.15) is 8.42 Å². The lowest BCUT2D eigenvalue weighted by atomic mass is 10.2. The Bertz CT molecular complexity index is 947. The summed E-state index contributed by atoms with van der Waals surface area (Å²) in [4.78, 5) is 11.9. The van der Waals surface area contributed by atoms with Crippen molar-refractivity contribution < 1.29 is 17.8 Å². The number of benzene rings is 3. The molecule has 1 N–H and O–H groups in total. The predicted molar refractivity (Wildman–Crippen MR) is 101 cm³/mol. The Morgan fingerprint density at radius 3 is 1.68 bits per heavy atom. The quantitative estimate of drug-likeness (QED) is 0.566. The normalized spacial score (nSPS) is 11.4. The Morgan fingerprint density at radius 1 is 0.720 bits per heavy atom. The van der Waals surface area contributed by atoms with Crippen LogP contribution in [0, 0.1) is 0 Å². The summed E-state index contributed by atoms with van der Waals surface area (Å²) in [5, 5.41) is 1.72. The van der Waals surface area contributed by atoms with E-state index >= 15 is 0 Å². The fourth-order valence-corrected chi connectivity index (χ4v) is 5.29. The second-order valence-corrected chi connectivity index (χ2v) is 8.86. The zero-order valence-electron chi connectivity index (χ0n) is 13.1. The number of carbonyl (C=O) groups excluding carboxylic acids is 1. The molecule has 0 spiro atoms. The first-order valence-electron chi connectivity index (χ1n) is 7.49. The van der Waals surface area contributed by atoms with Crippen molar-refractivity contribution >= 4 is 39.1 Å². The van der Waals surface area contributed by atoms with Gasteiger partial charge in [-0.1, -0.05) is 78.9 Å². The fourth-order valence-electron chi connectivity index (χ4n) is 2.52. The van der Waals surface area contributed by atoms with Gasteiger partial charge in [0.05, 0.1) is 0 Å². The molecule has 0 atom stereocenters. The van der Waals surface area contributed by atoms with E-state index in [0.717, 1.165) is 15.9 Å². The van der Waals surface area contributed by atoms with E-state index in [1.807, 2.05) is 66.7 Å². The van der Waals surface area contributed by atoms with Crippen LogP contribution in [-0.4, -0.2) is 18.1 Å². The summed E-state index contributed by atoms with van der Waals surface area (Å²) in [5.74, 6) is 0. The third-order valence-corrected chi connectivity index (χ3v) is 6.73. The average Bonchev–Trinajstić information content (AvgIpc) is 2.63. The Balaban J connectivity index is 2.14. The summed E-state index contributed by atoms with van der Waals surface area (Å²) < 4.78 is 31.4. The van der Waals surface area contributed by atoms with E-state index in [0.29, 0.717) is 0 Å². The van der Waals surface area contributed by atoms with Crippen LogP contribution in [0.4, 0.5) is 0 Å². The molecule has 0 unspecified atom stereocenters. The molecule has 0 radical (unpaired) electrons. The van der Waals surface area contributed by atoms with E-state index in [-0.39, 0.29) is 5.56 Å². The molecule has 0 saturated heterocycles. The monoisotopic (exact) mass is 370 g/mol. The minimum atomic E-state index is -4.76. The van der Waals surface area contributed by atoms with Crippen LogP contribution in [0.5, 0.6) is 0 Å². The van der Waals surface area contributed by atoms with Crippen LogP contribution in [0.1, 0.15) is 10.4 Å². The van der Waals surface area contributed by atoms with Gasteiger partial charge in [0, 0.05) is 5.56 Å². The van der Waals surface area contributed by atoms with E-state index in [4.69, 9.17) is 4.55 Å². The highest BCUT2D eigenvalue weighted by molar-refractivity contribution is 8.01. The lowest BCUT2D eigenvalue weighted by Crippen LogP contribution is -2.22. The minimum absolute atomic E-state index is 0.0423. The summed E-state index contributed by atoms with van der Waals surface area (Å²) in [6, 6.07) is 26.1. The van der Waals surface area contributed by atoms with E-state index in [2.05, 4.69) is 0 Å². The molecular formula is C19H15O4PS. The Kier molecular flexibility index (Phi) is 5.09. The predicted octanol–water partition coefficient (Wildman–Crippen LogP) is 2.47. The largest absolute Gasteiger partial charge is 0.333 e. The van der Waals surface area contributed by atoms with E-state index in [1.165, 1.54) is 6.07 Å². The van der Waals surface area contributed by atoms with E-state index in [9.17, 15) is 13.2 Å². The van der Waals surface area contributed by atoms with Crippen molar-refractivity contribution in [3.05, 3.63) is 90.5 Å². The van der Waals surface area contributed by atoms with Gasteiger partial charge in [0.25, 0.3) is 0 Å². The molecule has 0 aliphatic carbocycles. The molecule has 4 nitrogen and oxygen atoms in total. The molecule has 0 aromatic heterocycles. The van der Waals surface area contributed by atoms with Crippen LogP contribution in [0.15, 0.2) is 84.9 Å². The van der Waals surface area contributed by atoms with Crippen molar-refractivity contribution in [3.63, 3.8) is 0 Å². The van der Waals surface area contributed by atoms with Gasteiger partial charge in [-0.05, 0) is 29.9 Å². The number of carbonyl (C=O) groups is 1. The van der Waals surface area contributed by atoms with Crippen LogP contribution in [0.3, 0.4) is 0 Å². The molecule has 0 fully saturated rings. The van der Waals surface area contributed by atoms with Gasteiger partial charge in [0.1, 0.15) is 0 Å². The number of hydrogen-bond donors (Lipinski definition) is 1. The second-order valence-electron chi connectivity index (χ2n) is 5.32. The van der Waals surface area contributed by atoms with Gasteiger partial charge >= 0.3 is 15.2 Å². The summed E-state index contributed by atoms with van der Waals surface area (Å²) >= 11 is 0. The zero-order chi connectivity index (χ0) is 17.9. The number of rotatable bonds is 4. The van der Waals surface area contributed by atoms with Crippen LogP contribution in [0.25, 0.3) is 0 Å². The highest BCUT2D eigenvalue weighted by atomic mass is 32.2. The highest BCUT2D eigenvalue weighted by Gasteiger charge is 2.23. The van der Waals surface area contributed by atoms with Gasteiger partial charge in [0.2, 0.25) is 0 Å². The van der Waals surface area contributed by atoms with E-state index in [1.54, 1.807) is 12.1 Å². The molecule has 3 aromatic rings. The number of hydrogen-bond acceptors (Lipinski definition) is 3. The molecule has 3 aromatic carbocycles. The van der Waals surface area contributed by atoms with Gasteiger partial charge in [0.15, 0.2) is 0 Å². The molecule has 0 heterocycles. The molecular weight excluding hydrogens is 355 g/mol. The van der Waals surface area contributed by atoms with Gasteiger partial charge in [-0.25, -0.2) is 0 Å². The topological polar surface area (TPSA) is 71.4 Å². The van der Waals surface area contributed by atoms with Gasteiger partial charge in [-0.15, -0.1) is 0 Å². The van der Waals surface area contributed by atoms with Crippen LogP contribution in [0.2, 0.25) is 0 Å². The Hall–Kier alpha value is -2.33. The summed E-state index contributed by atoms with van der Waals surface area (Å²) in [5.41, 5.74) is -0.0423. The van der Waals surface area contributed by atoms with Gasteiger partial charge in [-0.3, -0.25) is 9.35 Å². The summed E-state index contributed by atoms with van der Waals surface area (Å²) in [7, 11) is -5.71. The molecule has 25 heavy (non-hydrogen) atoms. The summed E-state index contributed by atoms with van der Waals surface area (Å²) in [6.07, 6.45) is 0. The van der Waals surface area contributed by atoms with Crippen molar-refractivity contribution in [2.24, 2.45) is 0 Å². The smallest absolute Gasteiger partial charge is 0.279 e. The second kappa shape index (κ2) is 7.28. The van der Waals surface area contributed by atoms with Crippen molar-refractivity contribution in [1.29, 1.82) is 0 Å². The van der Waals surface area contributed by atoms with Crippen molar-refractivity contribution in [3.8, 4) is 0 Å². The molecule has 126 valence electrons. The maximum Gasteiger partial charge on any atom is 0.333 e. The van der Waals surface area contributed by atoms with Crippen LogP contribution >= 0.6 is 7.92 Å². The zero-order valence-corrected chi connectivity index (χ0v) is 14.8. The lowest BCUT2D eigenvalue weighted by Gasteiger charge is -2.19. The molecule has 0 aliphatic rings. The van der Waals surface area contributed by atoms with Gasteiger partial charge < -0.3 is 0 Å². The van der Waals surface area contributed by atoms with Crippen LogP contribution in [-0.2, 0) is 10.1 Å². The maximum atomic E-state index is 11.9. The van der Waals surface area contributed by atoms with E-state index < -0.39 is 23.2 Å². The SMILES string of the molecule is O=C(c1cccc(P(c2ccccc2)c2ccccc2)c1)S(=O)(=O)O. The first kappa shape index (κ1) is 17.5. The fraction of sp³-hybridized carbons (Fsp3) is 0. The average molecular weight is 370 g/mol. The third kappa shape index (κ3) is 4.02. The Labute approximate surface area is 147 Å². The molecule has 3 rings (SSSR count). The molecule has 0 aliphatic heterocycles. The lowest BCUT2D eigenvalue weighted by molar-refractivity contribution is 0.106. The van der Waals surface area contributed by atoms with Crippen molar-refractivity contribution in [1.82, 2.24) is 0 Å². The van der Waals surface area contributed by atoms with Crippen molar-refractivity contribution in [2.75, 3.05) is 0 Å². The molecule has 0 bridgehead atoms. The first-order chi connectivity index (χ1) is 12.0. The Morgan fingerprint density at radius 2 is 1.20 bits per heavy atom. The third-order valence-electron chi connectivity index (χ3n) is 3.60. The maximum absolute atomic E-state index is 11.9.